The summed E-state index contributed by atoms with van der Waals surface area (Å²) >= 11 is 1.61. The normalized spacial score (nSPS) is 10.7. The van der Waals surface area contributed by atoms with Crippen LogP contribution in [0.1, 0.15) is 5.01 Å². The van der Waals surface area contributed by atoms with E-state index in [1.807, 2.05) is 37.4 Å². The average Bonchev–Trinajstić information content (AvgIpc) is 3.05. The third-order valence-electron chi connectivity index (χ3n) is 3.04. The summed E-state index contributed by atoms with van der Waals surface area (Å²) in [6, 6.07) is 7.75. The number of rotatable bonds is 3. The summed E-state index contributed by atoms with van der Waals surface area (Å²) in [6.45, 7) is 1.97. The molecule has 0 atom stereocenters. The molecule has 102 valence electrons. The number of anilines is 1. The fourth-order valence-corrected chi connectivity index (χ4v) is 2.84. The van der Waals surface area contributed by atoms with Gasteiger partial charge in [0.25, 0.3) is 0 Å². The number of hydrogen-bond donors (Lipinski definition) is 2. The number of methoxy groups -OCH3 is 1. The van der Waals surface area contributed by atoms with Gasteiger partial charge in [-0.15, -0.1) is 11.3 Å². The van der Waals surface area contributed by atoms with Crippen molar-refractivity contribution in [2.45, 2.75) is 6.92 Å². The van der Waals surface area contributed by atoms with Crippen molar-refractivity contribution in [2.75, 3.05) is 12.8 Å². The number of aryl methyl sites for hydroxylation is 1. The van der Waals surface area contributed by atoms with Crippen molar-refractivity contribution in [3.8, 4) is 27.4 Å². The first-order valence-electron chi connectivity index (χ1n) is 6.10. The van der Waals surface area contributed by atoms with Crippen LogP contribution in [0.25, 0.3) is 21.7 Å². The molecule has 0 bridgehead atoms. The van der Waals surface area contributed by atoms with E-state index < -0.39 is 0 Å². The molecule has 0 spiro atoms. The molecule has 0 fully saturated rings. The topological polar surface area (TPSA) is 76.8 Å². The van der Waals surface area contributed by atoms with Crippen LogP contribution in [0.15, 0.2) is 30.5 Å². The lowest BCUT2D eigenvalue weighted by Crippen LogP contribution is -1.89. The Morgan fingerprint density at radius 2 is 2.00 bits per heavy atom. The number of benzene rings is 1. The molecule has 20 heavy (non-hydrogen) atoms. The number of nitrogens with zero attached hydrogens (tertiary/aromatic N) is 2. The fraction of sp³-hybridized carbons (Fsp3) is 0.143. The molecule has 0 saturated heterocycles. The second-order valence-corrected chi connectivity index (χ2v) is 5.57. The zero-order valence-corrected chi connectivity index (χ0v) is 12.0. The van der Waals surface area contributed by atoms with Crippen LogP contribution in [-0.4, -0.2) is 22.3 Å². The van der Waals surface area contributed by atoms with Gasteiger partial charge in [0, 0.05) is 6.20 Å². The monoisotopic (exact) mass is 286 g/mol. The molecule has 5 nitrogen and oxygen atoms in total. The first kappa shape index (κ1) is 12.7. The minimum Gasteiger partial charge on any atom is -0.497 e. The van der Waals surface area contributed by atoms with E-state index in [0.29, 0.717) is 5.82 Å². The molecule has 3 rings (SSSR count). The van der Waals surface area contributed by atoms with Crippen molar-refractivity contribution in [3.63, 3.8) is 0 Å². The zero-order valence-electron chi connectivity index (χ0n) is 11.2. The number of nitrogens with two attached hydrogens (primary N) is 1. The molecule has 0 aliphatic carbocycles. The number of aromatic amines is 1. The second kappa shape index (κ2) is 4.97. The molecule has 2 heterocycles. The third-order valence-corrected chi connectivity index (χ3v) is 3.97. The maximum Gasteiger partial charge on any atom is 0.153 e. The SMILES string of the molecule is COc1ccc(-c2c(N)n[nH]c2-c2cnc(C)s2)cc1. The Balaban J connectivity index is 2.10. The summed E-state index contributed by atoms with van der Waals surface area (Å²) in [5.74, 6) is 1.29. The highest BCUT2D eigenvalue weighted by Gasteiger charge is 2.16. The van der Waals surface area contributed by atoms with E-state index in [4.69, 9.17) is 10.5 Å². The predicted octanol–water partition coefficient (Wildman–Crippen LogP) is 3.10. The largest absolute Gasteiger partial charge is 0.497 e. The smallest absolute Gasteiger partial charge is 0.153 e. The van der Waals surface area contributed by atoms with Crippen LogP contribution in [-0.2, 0) is 0 Å². The standard InChI is InChI=1S/C14H14N4OS/c1-8-16-7-11(20-8)13-12(14(15)18-17-13)9-3-5-10(19-2)6-4-9/h3-7H,1-2H3,(H3,15,17,18). The molecule has 1 aromatic carbocycles. The number of nitrogen functional groups attached to an aromatic ring is 1. The molecular formula is C14H14N4OS. The molecule has 2 aromatic heterocycles. The summed E-state index contributed by atoms with van der Waals surface area (Å²) in [5, 5.41) is 8.12. The van der Waals surface area contributed by atoms with Crippen LogP contribution in [0.3, 0.4) is 0 Å². The van der Waals surface area contributed by atoms with Crippen LogP contribution in [0.2, 0.25) is 0 Å². The van der Waals surface area contributed by atoms with Crippen LogP contribution in [0.5, 0.6) is 5.75 Å². The van der Waals surface area contributed by atoms with Gasteiger partial charge < -0.3 is 10.5 Å². The number of ether oxygens (including phenoxy) is 1. The van der Waals surface area contributed by atoms with Crippen molar-refractivity contribution >= 4 is 17.2 Å². The summed E-state index contributed by atoms with van der Waals surface area (Å²) in [7, 11) is 1.65. The maximum atomic E-state index is 6.00. The molecule has 0 aliphatic heterocycles. The molecule has 0 saturated carbocycles. The molecule has 3 aromatic rings. The van der Waals surface area contributed by atoms with E-state index in [2.05, 4.69) is 15.2 Å². The van der Waals surface area contributed by atoms with Crippen molar-refractivity contribution in [1.29, 1.82) is 0 Å². The molecule has 6 heteroatoms. The van der Waals surface area contributed by atoms with Gasteiger partial charge in [0.15, 0.2) is 5.82 Å². The second-order valence-electron chi connectivity index (χ2n) is 4.33. The van der Waals surface area contributed by atoms with Gasteiger partial charge in [-0.05, 0) is 24.6 Å². The van der Waals surface area contributed by atoms with Crippen molar-refractivity contribution in [3.05, 3.63) is 35.5 Å². The molecule has 0 unspecified atom stereocenters. The van der Waals surface area contributed by atoms with Gasteiger partial charge in [0.2, 0.25) is 0 Å². The van der Waals surface area contributed by atoms with Gasteiger partial charge in [-0.25, -0.2) is 4.98 Å². The fourth-order valence-electron chi connectivity index (χ4n) is 2.06. The first-order chi connectivity index (χ1) is 9.69. The molecule has 0 radical (unpaired) electrons. The minimum absolute atomic E-state index is 0.483. The number of aromatic nitrogens is 3. The quantitative estimate of drug-likeness (QED) is 0.775. The van der Waals surface area contributed by atoms with E-state index in [0.717, 1.165) is 32.5 Å². The Morgan fingerprint density at radius 3 is 2.60 bits per heavy atom. The minimum atomic E-state index is 0.483. The number of hydrogen-bond acceptors (Lipinski definition) is 5. The lowest BCUT2D eigenvalue weighted by molar-refractivity contribution is 0.415. The highest BCUT2D eigenvalue weighted by Crippen LogP contribution is 2.37. The van der Waals surface area contributed by atoms with Gasteiger partial charge in [0.05, 0.1) is 28.3 Å². The van der Waals surface area contributed by atoms with Gasteiger partial charge in [0.1, 0.15) is 5.75 Å². The number of H-pyrrole nitrogens is 1. The Bertz CT molecular complexity index is 730. The zero-order chi connectivity index (χ0) is 14.1. The van der Waals surface area contributed by atoms with E-state index in [1.54, 1.807) is 18.4 Å². The van der Waals surface area contributed by atoms with Crippen LogP contribution >= 0.6 is 11.3 Å². The van der Waals surface area contributed by atoms with Crippen LogP contribution in [0, 0.1) is 6.92 Å². The molecular weight excluding hydrogens is 272 g/mol. The first-order valence-corrected chi connectivity index (χ1v) is 6.91. The van der Waals surface area contributed by atoms with Crippen LogP contribution < -0.4 is 10.5 Å². The Hall–Kier alpha value is -2.34. The van der Waals surface area contributed by atoms with Crippen molar-refractivity contribution < 1.29 is 4.74 Å². The summed E-state index contributed by atoms with van der Waals surface area (Å²) < 4.78 is 5.17. The maximum absolute atomic E-state index is 6.00. The number of nitrogens with one attached hydrogen (secondary N) is 1. The van der Waals surface area contributed by atoms with Crippen molar-refractivity contribution in [2.24, 2.45) is 0 Å². The summed E-state index contributed by atoms with van der Waals surface area (Å²) in [5.41, 5.74) is 8.80. The summed E-state index contributed by atoms with van der Waals surface area (Å²) in [4.78, 5) is 5.30. The Morgan fingerprint density at radius 1 is 1.25 bits per heavy atom. The Labute approximate surface area is 120 Å². The Kier molecular flexibility index (Phi) is 3.15. The van der Waals surface area contributed by atoms with Crippen LogP contribution in [0.4, 0.5) is 5.82 Å². The van der Waals surface area contributed by atoms with E-state index in [1.165, 1.54) is 0 Å². The van der Waals surface area contributed by atoms with Gasteiger partial charge in [-0.2, -0.15) is 5.10 Å². The highest BCUT2D eigenvalue weighted by molar-refractivity contribution is 7.15. The molecule has 3 N–H and O–H groups in total. The third kappa shape index (κ3) is 2.14. The van der Waals surface area contributed by atoms with E-state index >= 15 is 0 Å². The van der Waals surface area contributed by atoms with Gasteiger partial charge in [-0.3, -0.25) is 5.10 Å². The van der Waals surface area contributed by atoms with Gasteiger partial charge >= 0.3 is 0 Å². The highest BCUT2D eigenvalue weighted by atomic mass is 32.1. The van der Waals surface area contributed by atoms with E-state index in [9.17, 15) is 0 Å². The lowest BCUT2D eigenvalue weighted by Gasteiger charge is -2.04. The predicted molar refractivity (Wildman–Crippen MR) is 80.8 cm³/mol. The van der Waals surface area contributed by atoms with Gasteiger partial charge in [-0.1, -0.05) is 12.1 Å². The molecule has 0 aliphatic rings. The molecule has 0 amide bonds. The summed E-state index contributed by atoms with van der Waals surface area (Å²) in [6.07, 6.45) is 1.83. The number of thiazole rings is 1. The lowest BCUT2D eigenvalue weighted by atomic mass is 10.0. The van der Waals surface area contributed by atoms with Crippen molar-refractivity contribution in [1.82, 2.24) is 15.2 Å². The van der Waals surface area contributed by atoms with E-state index in [-0.39, 0.29) is 0 Å². The average molecular weight is 286 g/mol.